The van der Waals surface area contributed by atoms with Crippen LogP contribution in [0.25, 0.3) is 0 Å². The van der Waals surface area contributed by atoms with Crippen LogP contribution in [0.2, 0.25) is 0 Å². The van der Waals surface area contributed by atoms with Crippen molar-refractivity contribution in [3.8, 4) is 0 Å². The third kappa shape index (κ3) is 2.17. The summed E-state index contributed by atoms with van der Waals surface area (Å²) in [5.74, 6) is 0.774. The minimum absolute atomic E-state index is 0. The highest BCUT2D eigenvalue weighted by molar-refractivity contribution is 6.03. The van der Waals surface area contributed by atoms with Crippen molar-refractivity contribution >= 4 is 24.0 Å². The van der Waals surface area contributed by atoms with Crippen molar-refractivity contribution in [3.63, 3.8) is 0 Å². The molecule has 1 aromatic carbocycles. The highest BCUT2D eigenvalue weighted by Gasteiger charge is 2.36. The van der Waals surface area contributed by atoms with E-state index < -0.39 is 0 Å². The number of anilines is 1. The molecule has 0 spiro atoms. The van der Waals surface area contributed by atoms with Gasteiger partial charge in [0.1, 0.15) is 0 Å². The third-order valence-corrected chi connectivity index (χ3v) is 3.69. The van der Waals surface area contributed by atoms with Crippen molar-refractivity contribution in [2.24, 2.45) is 5.92 Å². The van der Waals surface area contributed by atoms with Gasteiger partial charge < -0.3 is 10.6 Å². The first-order chi connectivity index (χ1) is 7.86. The minimum Gasteiger partial charge on any atom is -0.325 e. The van der Waals surface area contributed by atoms with E-state index in [0.717, 1.165) is 31.6 Å². The first-order valence-corrected chi connectivity index (χ1v) is 5.97. The monoisotopic (exact) mass is 252 g/mol. The van der Waals surface area contributed by atoms with Crippen molar-refractivity contribution < 1.29 is 4.79 Å². The summed E-state index contributed by atoms with van der Waals surface area (Å²) in [7, 11) is 0. The molecule has 2 heterocycles. The molecule has 1 unspecified atom stereocenters. The molecule has 2 aliphatic heterocycles. The van der Waals surface area contributed by atoms with Gasteiger partial charge in [-0.05, 0) is 43.5 Å². The number of hydrogen-bond acceptors (Lipinski definition) is 2. The van der Waals surface area contributed by atoms with E-state index in [0.29, 0.717) is 5.92 Å². The van der Waals surface area contributed by atoms with Gasteiger partial charge in [0, 0.05) is 5.69 Å². The van der Waals surface area contributed by atoms with Crippen LogP contribution in [-0.4, -0.2) is 19.0 Å². The average molecular weight is 253 g/mol. The molecule has 4 heteroatoms. The van der Waals surface area contributed by atoms with Gasteiger partial charge in [0.05, 0.1) is 5.92 Å². The van der Waals surface area contributed by atoms with E-state index >= 15 is 0 Å². The second-order valence-electron chi connectivity index (χ2n) is 4.64. The number of carbonyl (C=O) groups is 1. The molecule has 2 aliphatic rings. The molecule has 1 amide bonds. The number of fused-ring (bicyclic) bond motifs is 1. The molecule has 0 aromatic heterocycles. The van der Waals surface area contributed by atoms with Crippen LogP contribution in [0.1, 0.15) is 24.3 Å². The number of piperidine rings is 1. The van der Waals surface area contributed by atoms with Crippen molar-refractivity contribution in [2.75, 3.05) is 18.4 Å². The molecule has 1 fully saturated rings. The lowest BCUT2D eigenvalue weighted by Gasteiger charge is -2.26. The smallest absolute Gasteiger partial charge is 0.232 e. The number of benzene rings is 1. The summed E-state index contributed by atoms with van der Waals surface area (Å²) >= 11 is 0. The number of carbonyl (C=O) groups excluding carboxylic acids is 1. The number of nitrogens with one attached hydrogen (secondary N) is 2. The van der Waals surface area contributed by atoms with Crippen molar-refractivity contribution in [1.29, 1.82) is 0 Å². The van der Waals surface area contributed by atoms with E-state index in [9.17, 15) is 4.79 Å². The predicted octanol–water partition coefficient (Wildman–Crippen LogP) is 2.14. The maximum absolute atomic E-state index is 12.0. The second kappa shape index (κ2) is 5.07. The third-order valence-electron chi connectivity index (χ3n) is 3.69. The molecule has 0 saturated carbocycles. The average Bonchev–Trinajstić information content (AvgIpc) is 2.66. The van der Waals surface area contributed by atoms with Crippen LogP contribution in [0, 0.1) is 5.92 Å². The number of rotatable bonds is 1. The van der Waals surface area contributed by atoms with Gasteiger partial charge in [-0.15, -0.1) is 12.4 Å². The molecular formula is C13H17ClN2O. The van der Waals surface area contributed by atoms with Crippen LogP contribution in [0.4, 0.5) is 5.69 Å². The highest BCUT2D eigenvalue weighted by atomic mass is 35.5. The summed E-state index contributed by atoms with van der Waals surface area (Å²) < 4.78 is 0. The largest absolute Gasteiger partial charge is 0.325 e. The summed E-state index contributed by atoms with van der Waals surface area (Å²) in [6.07, 6.45) is 2.21. The van der Waals surface area contributed by atoms with Crippen LogP contribution in [0.3, 0.4) is 0 Å². The Labute approximate surface area is 107 Å². The fraction of sp³-hybridized carbons (Fsp3) is 0.462. The van der Waals surface area contributed by atoms with E-state index in [4.69, 9.17) is 0 Å². The van der Waals surface area contributed by atoms with Crippen molar-refractivity contribution in [2.45, 2.75) is 18.8 Å². The fourth-order valence-corrected chi connectivity index (χ4v) is 2.88. The van der Waals surface area contributed by atoms with E-state index in [1.54, 1.807) is 0 Å². The van der Waals surface area contributed by atoms with Gasteiger partial charge >= 0.3 is 0 Å². The maximum atomic E-state index is 12.0. The van der Waals surface area contributed by atoms with Crippen molar-refractivity contribution in [1.82, 2.24) is 5.32 Å². The first kappa shape index (κ1) is 12.4. The van der Waals surface area contributed by atoms with Gasteiger partial charge in [0.15, 0.2) is 0 Å². The molecule has 2 N–H and O–H groups in total. The van der Waals surface area contributed by atoms with E-state index in [1.165, 1.54) is 5.56 Å². The Morgan fingerprint density at radius 2 is 1.82 bits per heavy atom. The van der Waals surface area contributed by atoms with Crippen LogP contribution >= 0.6 is 12.4 Å². The summed E-state index contributed by atoms with van der Waals surface area (Å²) in [5, 5.41) is 6.33. The molecular weight excluding hydrogens is 236 g/mol. The molecule has 0 bridgehead atoms. The van der Waals surface area contributed by atoms with Crippen LogP contribution in [0.5, 0.6) is 0 Å². The first-order valence-electron chi connectivity index (χ1n) is 5.97. The molecule has 17 heavy (non-hydrogen) atoms. The highest BCUT2D eigenvalue weighted by Crippen LogP contribution is 2.40. The van der Waals surface area contributed by atoms with E-state index in [-0.39, 0.29) is 24.2 Å². The zero-order valence-electron chi connectivity index (χ0n) is 9.61. The zero-order valence-corrected chi connectivity index (χ0v) is 10.4. The van der Waals surface area contributed by atoms with Crippen LogP contribution < -0.4 is 10.6 Å². The van der Waals surface area contributed by atoms with Crippen LogP contribution in [-0.2, 0) is 4.79 Å². The maximum Gasteiger partial charge on any atom is 0.232 e. The molecule has 0 radical (unpaired) electrons. The number of hydrogen-bond donors (Lipinski definition) is 2. The van der Waals surface area contributed by atoms with Gasteiger partial charge in [0.25, 0.3) is 0 Å². The summed E-state index contributed by atoms with van der Waals surface area (Å²) in [6, 6.07) is 8.07. The summed E-state index contributed by atoms with van der Waals surface area (Å²) in [6.45, 7) is 2.08. The Hall–Kier alpha value is -1.06. The minimum atomic E-state index is 0. The lowest BCUT2D eigenvalue weighted by atomic mass is 9.81. The molecule has 1 saturated heterocycles. The molecule has 1 aromatic rings. The van der Waals surface area contributed by atoms with Gasteiger partial charge in [-0.3, -0.25) is 4.79 Å². The van der Waals surface area contributed by atoms with E-state index in [1.807, 2.05) is 18.2 Å². The Bertz CT molecular complexity index is 416. The second-order valence-corrected chi connectivity index (χ2v) is 4.64. The molecule has 92 valence electrons. The lowest BCUT2D eigenvalue weighted by molar-refractivity contribution is -0.118. The Morgan fingerprint density at radius 3 is 2.59 bits per heavy atom. The van der Waals surface area contributed by atoms with Gasteiger partial charge in [-0.1, -0.05) is 18.2 Å². The number of halogens is 1. The molecule has 3 rings (SSSR count). The molecule has 3 nitrogen and oxygen atoms in total. The quantitative estimate of drug-likeness (QED) is 0.804. The predicted molar refractivity (Wildman–Crippen MR) is 70.7 cm³/mol. The van der Waals surface area contributed by atoms with E-state index in [2.05, 4.69) is 16.7 Å². The molecule has 0 aliphatic carbocycles. The summed E-state index contributed by atoms with van der Waals surface area (Å²) in [5.41, 5.74) is 2.20. The zero-order chi connectivity index (χ0) is 11.0. The van der Waals surface area contributed by atoms with Gasteiger partial charge in [0.2, 0.25) is 5.91 Å². The summed E-state index contributed by atoms with van der Waals surface area (Å²) in [4.78, 5) is 12.0. The Kier molecular flexibility index (Phi) is 3.69. The normalized spacial score (nSPS) is 23.8. The van der Waals surface area contributed by atoms with Crippen molar-refractivity contribution in [3.05, 3.63) is 29.8 Å². The number of para-hydroxylation sites is 1. The standard InChI is InChI=1S/C13H16N2O.ClH/c16-13-12(9-5-7-14-8-6-9)10-3-1-2-4-11(10)15-13;/h1-4,9,12,14H,5-8H2,(H,15,16);1H. The molecule has 1 atom stereocenters. The fourth-order valence-electron chi connectivity index (χ4n) is 2.88. The van der Waals surface area contributed by atoms with Crippen LogP contribution in [0.15, 0.2) is 24.3 Å². The Morgan fingerprint density at radius 1 is 1.12 bits per heavy atom. The van der Waals surface area contributed by atoms with Gasteiger partial charge in [-0.2, -0.15) is 0 Å². The lowest BCUT2D eigenvalue weighted by Crippen LogP contribution is -2.33. The Balaban J connectivity index is 0.00000108. The number of amides is 1. The topological polar surface area (TPSA) is 41.1 Å². The van der Waals surface area contributed by atoms with Gasteiger partial charge in [-0.25, -0.2) is 0 Å². The SMILES string of the molecule is Cl.O=C1Nc2ccccc2C1C1CCNCC1.